The van der Waals surface area contributed by atoms with Gasteiger partial charge in [-0.05, 0) is 70.6 Å². The highest BCUT2D eigenvalue weighted by molar-refractivity contribution is 7.45. The summed E-state index contributed by atoms with van der Waals surface area (Å²) in [7, 11) is 1.18. The lowest BCUT2D eigenvalue weighted by Gasteiger charge is -2.28. The molecule has 0 radical (unpaired) electrons. The topological polar surface area (TPSA) is 111 Å². The molecular formula is C77H140NO8P. The molecule has 0 aliphatic rings. The number of carbonyl (C=O) groups is 2. The number of phosphoric acid groups is 1. The molecule has 2 atom stereocenters. The fourth-order valence-electron chi connectivity index (χ4n) is 10.6. The van der Waals surface area contributed by atoms with Crippen LogP contribution >= 0.6 is 7.82 Å². The van der Waals surface area contributed by atoms with Gasteiger partial charge in [-0.25, -0.2) is 0 Å². The molecule has 9 nitrogen and oxygen atoms in total. The average molecular weight is 1240 g/mol. The largest absolute Gasteiger partial charge is 0.756 e. The number of rotatable bonds is 68. The van der Waals surface area contributed by atoms with Crippen molar-refractivity contribution < 1.29 is 42.1 Å². The highest BCUT2D eigenvalue weighted by atomic mass is 31.2. The molecule has 0 rings (SSSR count). The van der Waals surface area contributed by atoms with Crippen LogP contribution in [0.25, 0.3) is 0 Å². The number of allylic oxidation sites excluding steroid dienone is 14. The summed E-state index contributed by atoms with van der Waals surface area (Å²) in [6.45, 7) is 4.18. The van der Waals surface area contributed by atoms with Crippen molar-refractivity contribution in [2.24, 2.45) is 0 Å². The van der Waals surface area contributed by atoms with Crippen LogP contribution in [-0.2, 0) is 32.7 Å². The standard InChI is InChI=1S/C77H140NO8P/c1-6-8-10-12-14-16-18-20-22-24-26-28-30-32-33-34-35-36-37-38-39-40-41-42-43-44-45-46-48-50-52-54-56-58-60-62-64-66-68-70-77(80)86-75(74-85-87(81,82)84-72-71-78(3,4)5)73-83-76(79)69-67-65-63-61-59-57-55-53-51-49-47-31-29-27-25-23-21-19-17-15-13-11-9-7-2/h8,10,14,16,20,22,26,28,32-33,35-36,38-39,75H,6-7,9,11-13,15,17-19,21,23-25,27,29-31,34,37,40-74H2,1-5H3/b10-8-,16-14-,22-20-,28-26-,33-32-,36-35-,39-38-. The van der Waals surface area contributed by atoms with Crippen LogP contribution in [-0.4, -0.2) is 70.0 Å². The van der Waals surface area contributed by atoms with Crippen LogP contribution in [0.3, 0.4) is 0 Å². The zero-order valence-electron chi connectivity index (χ0n) is 57.7. The van der Waals surface area contributed by atoms with Crippen LogP contribution < -0.4 is 4.89 Å². The van der Waals surface area contributed by atoms with Gasteiger partial charge in [0, 0.05) is 12.8 Å². The van der Waals surface area contributed by atoms with Gasteiger partial charge in [0.05, 0.1) is 27.7 Å². The Balaban J connectivity index is 3.98. The van der Waals surface area contributed by atoms with Gasteiger partial charge in [0.25, 0.3) is 7.82 Å². The monoisotopic (exact) mass is 1240 g/mol. The van der Waals surface area contributed by atoms with E-state index in [-0.39, 0.29) is 32.0 Å². The molecule has 0 N–H and O–H groups in total. The van der Waals surface area contributed by atoms with Crippen LogP contribution in [0.4, 0.5) is 0 Å². The van der Waals surface area contributed by atoms with Crippen LogP contribution in [0.5, 0.6) is 0 Å². The number of carbonyl (C=O) groups excluding carboxylic acids is 2. The van der Waals surface area contributed by atoms with Crippen molar-refractivity contribution in [3.8, 4) is 0 Å². The Morgan fingerprint density at radius 2 is 0.655 bits per heavy atom. The first-order valence-corrected chi connectivity index (χ1v) is 38.3. The van der Waals surface area contributed by atoms with Gasteiger partial charge in [0.15, 0.2) is 6.10 Å². The summed E-state index contributed by atoms with van der Waals surface area (Å²) >= 11 is 0. The number of unbranched alkanes of at least 4 members (excludes halogenated alkanes) is 40. The van der Waals surface area contributed by atoms with Gasteiger partial charge >= 0.3 is 11.9 Å². The van der Waals surface area contributed by atoms with E-state index in [0.717, 1.165) is 83.5 Å². The molecule has 0 spiro atoms. The number of likely N-dealkylation sites (N-methyl/N-ethyl adjacent to an activating group) is 1. The first-order chi connectivity index (χ1) is 42.5. The Hall–Kier alpha value is -2.81. The number of phosphoric ester groups is 1. The third-order valence-electron chi connectivity index (χ3n) is 16.2. The third kappa shape index (κ3) is 72.1. The lowest BCUT2D eigenvalue weighted by molar-refractivity contribution is -0.870. The molecule has 0 aromatic rings. The molecule has 87 heavy (non-hydrogen) atoms. The van der Waals surface area contributed by atoms with Crippen LogP contribution in [0.2, 0.25) is 0 Å². The van der Waals surface area contributed by atoms with Gasteiger partial charge in [-0.15, -0.1) is 0 Å². The first-order valence-electron chi connectivity index (χ1n) is 36.8. The Labute approximate surface area is 539 Å². The van der Waals surface area contributed by atoms with Crippen molar-refractivity contribution in [1.29, 1.82) is 0 Å². The van der Waals surface area contributed by atoms with E-state index in [4.69, 9.17) is 18.5 Å². The summed E-state index contributed by atoms with van der Waals surface area (Å²) in [5.74, 6) is -0.816. The van der Waals surface area contributed by atoms with E-state index in [9.17, 15) is 19.0 Å². The van der Waals surface area contributed by atoms with Crippen LogP contribution in [0.15, 0.2) is 85.1 Å². The van der Waals surface area contributed by atoms with Crippen molar-refractivity contribution in [3.63, 3.8) is 0 Å². The summed E-state index contributed by atoms with van der Waals surface area (Å²) in [5, 5.41) is 0. The minimum absolute atomic E-state index is 0.0301. The second-order valence-electron chi connectivity index (χ2n) is 25.9. The fourth-order valence-corrected chi connectivity index (χ4v) is 11.3. The van der Waals surface area contributed by atoms with Crippen LogP contribution in [0, 0.1) is 0 Å². The van der Waals surface area contributed by atoms with Crippen molar-refractivity contribution in [2.75, 3.05) is 47.5 Å². The van der Waals surface area contributed by atoms with Gasteiger partial charge in [0.2, 0.25) is 0 Å². The van der Waals surface area contributed by atoms with Crippen LogP contribution in [0.1, 0.15) is 341 Å². The molecule has 0 heterocycles. The van der Waals surface area contributed by atoms with E-state index in [2.05, 4.69) is 98.9 Å². The van der Waals surface area contributed by atoms with E-state index in [1.807, 2.05) is 21.1 Å². The number of ether oxygens (including phenoxy) is 2. The molecule has 0 aromatic carbocycles. The third-order valence-corrected chi connectivity index (χ3v) is 17.1. The molecule has 0 bridgehead atoms. The summed E-state index contributed by atoms with van der Waals surface area (Å²) in [6.07, 6.45) is 92.5. The first kappa shape index (κ1) is 84.2. The van der Waals surface area contributed by atoms with Crippen molar-refractivity contribution in [2.45, 2.75) is 347 Å². The predicted molar refractivity (Wildman–Crippen MR) is 374 cm³/mol. The predicted octanol–water partition coefficient (Wildman–Crippen LogP) is 23.5. The maximum absolute atomic E-state index is 12.9. The maximum Gasteiger partial charge on any atom is 0.306 e. The summed E-state index contributed by atoms with van der Waals surface area (Å²) in [5.41, 5.74) is 0. The lowest BCUT2D eigenvalue weighted by Crippen LogP contribution is -2.37. The normalized spacial score (nSPS) is 13.6. The minimum atomic E-state index is -4.64. The molecule has 0 saturated carbocycles. The summed E-state index contributed by atoms with van der Waals surface area (Å²) in [4.78, 5) is 38.1. The number of nitrogens with zero attached hydrogens (tertiary/aromatic N) is 1. The zero-order valence-corrected chi connectivity index (χ0v) is 58.6. The fraction of sp³-hybridized carbons (Fsp3) is 0.792. The Kier molecular flexibility index (Phi) is 65.4. The molecule has 0 saturated heterocycles. The highest BCUT2D eigenvalue weighted by Crippen LogP contribution is 2.38. The van der Waals surface area contributed by atoms with E-state index >= 15 is 0 Å². The molecule has 0 aliphatic heterocycles. The van der Waals surface area contributed by atoms with E-state index < -0.39 is 26.5 Å². The minimum Gasteiger partial charge on any atom is -0.756 e. The quantitative estimate of drug-likeness (QED) is 0.0195. The SMILES string of the molecule is CC/C=C\C/C=C\C/C=C\C/C=C\C/C=C\C/C=C\C/C=C\CCCCCCCCCCCCCCCCCCCC(=O)OC(COC(=O)CCCCCCCCCCCCCCCCCCCCCCCCCC)COP(=O)([O-])OCC[N+](C)(C)C. The van der Waals surface area contributed by atoms with Gasteiger partial charge < -0.3 is 27.9 Å². The Bertz CT molecular complexity index is 1740. The van der Waals surface area contributed by atoms with Gasteiger partial charge in [-0.1, -0.05) is 343 Å². The number of hydrogen-bond donors (Lipinski definition) is 0. The van der Waals surface area contributed by atoms with Gasteiger partial charge in [0.1, 0.15) is 19.8 Å². The second-order valence-corrected chi connectivity index (χ2v) is 27.3. The molecule has 0 aromatic heterocycles. The number of esters is 2. The number of quaternary nitrogens is 1. The lowest BCUT2D eigenvalue weighted by atomic mass is 10.0. The highest BCUT2D eigenvalue weighted by Gasteiger charge is 2.22. The maximum atomic E-state index is 12.9. The zero-order chi connectivity index (χ0) is 63.4. The molecule has 0 amide bonds. The molecule has 506 valence electrons. The van der Waals surface area contributed by atoms with Crippen molar-refractivity contribution in [1.82, 2.24) is 0 Å². The summed E-state index contributed by atoms with van der Waals surface area (Å²) < 4.78 is 34.4. The molecule has 0 fully saturated rings. The molecule has 10 heteroatoms. The summed E-state index contributed by atoms with van der Waals surface area (Å²) in [6, 6.07) is 0. The molecule has 0 aliphatic carbocycles. The Morgan fingerprint density at radius 1 is 0.368 bits per heavy atom. The average Bonchev–Trinajstić information content (AvgIpc) is 3.68. The van der Waals surface area contributed by atoms with E-state index in [1.54, 1.807) is 0 Å². The van der Waals surface area contributed by atoms with Crippen molar-refractivity contribution in [3.05, 3.63) is 85.1 Å². The van der Waals surface area contributed by atoms with Gasteiger partial charge in [-0.2, -0.15) is 0 Å². The van der Waals surface area contributed by atoms with E-state index in [0.29, 0.717) is 17.4 Å². The molecular weight excluding hydrogens is 1100 g/mol. The van der Waals surface area contributed by atoms with Gasteiger partial charge in [-0.3, -0.25) is 14.2 Å². The Morgan fingerprint density at radius 3 is 0.977 bits per heavy atom. The number of hydrogen-bond acceptors (Lipinski definition) is 8. The second kappa shape index (κ2) is 67.6. The van der Waals surface area contributed by atoms with E-state index in [1.165, 1.54) is 225 Å². The smallest absolute Gasteiger partial charge is 0.306 e. The van der Waals surface area contributed by atoms with Crippen molar-refractivity contribution >= 4 is 19.8 Å². The molecule has 2 unspecified atom stereocenters.